The minimum atomic E-state index is -0.426. The number of aliphatic hydroxyl groups is 2. The van der Waals surface area contributed by atoms with Crippen molar-refractivity contribution in [1.82, 2.24) is 0 Å². The van der Waals surface area contributed by atoms with Crippen molar-refractivity contribution in [2.24, 2.45) is 0 Å². The van der Waals surface area contributed by atoms with Crippen molar-refractivity contribution in [3.05, 3.63) is 24.3 Å². The van der Waals surface area contributed by atoms with Gasteiger partial charge in [-0.15, -0.1) is 0 Å². The van der Waals surface area contributed by atoms with Gasteiger partial charge in [0.1, 0.15) is 0 Å². The van der Waals surface area contributed by atoms with E-state index in [2.05, 4.69) is 6.58 Å². The molecule has 0 aromatic carbocycles. The van der Waals surface area contributed by atoms with E-state index < -0.39 is 6.10 Å². The van der Waals surface area contributed by atoms with E-state index >= 15 is 0 Å². The standard InChI is InChI=1S/C10H18O2/c1-8(10(3)12)6-4-5-7-9(2)11/h5,7,9-12H,1,4,6H2,2-3H3. The zero-order valence-corrected chi connectivity index (χ0v) is 7.83. The third-order valence-electron chi connectivity index (χ3n) is 1.64. The van der Waals surface area contributed by atoms with Gasteiger partial charge >= 0.3 is 0 Å². The van der Waals surface area contributed by atoms with Crippen LogP contribution in [0.25, 0.3) is 0 Å². The summed E-state index contributed by atoms with van der Waals surface area (Å²) in [5.74, 6) is 0. The first-order valence-corrected chi connectivity index (χ1v) is 4.24. The summed E-state index contributed by atoms with van der Waals surface area (Å²) in [6, 6.07) is 0. The summed E-state index contributed by atoms with van der Waals surface area (Å²) in [4.78, 5) is 0. The van der Waals surface area contributed by atoms with Crippen LogP contribution in [0.15, 0.2) is 24.3 Å². The highest BCUT2D eigenvalue weighted by molar-refractivity contribution is 5.01. The van der Waals surface area contributed by atoms with Crippen LogP contribution in [0.1, 0.15) is 26.7 Å². The fourth-order valence-electron chi connectivity index (χ4n) is 0.771. The van der Waals surface area contributed by atoms with E-state index in [1.165, 1.54) is 0 Å². The van der Waals surface area contributed by atoms with E-state index in [0.29, 0.717) is 0 Å². The van der Waals surface area contributed by atoms with Crippen molar-refractivity contribution in [2.45, 2.75) is 38.9 Å². The molecule has 2 unspecified atom stereocenters. The van der Waals surface area contributed by atoms with E-state index in [9.17, 15) is 0 Å². The molecule has 0 aromatic heterocycles. The van der Waals surface area contributed by atoms with Gasteiger partial charge < -0.3 is 10.2 Å². The van der Waals surface area contributed by atoms with Gasteiger partial charge in [0.2, 0.25) is 0 Å². The van der Waals surface area contributed by atoms with Crippen molar-refractivity contribution in [1.29, 1.82) is 0 Å². The molecule has 0 aromatic rings. The summed E-state index contributed by atoms with van der Waals surface area (Å²) in [5.41, 5.74) is 0.838. The molecule has 0 aliphatic rings. The van der Waals surface area contributed by atoms with Gasteiger partial charge in [-0.05, 0) is 32.3 Å². The highest BCUT2D eigenvalue weighted by atomic mass is 16.3. The monoisotopic (exact) mass is 170 g/mol. The SMILES string of the molecule is C=C(CCC=CC(C)O)C(C)O. The Morgan fingerprint density at radius 3 is 2.42 bits per heavy atom. The Balaban J connectivity index is 3.50. The van der Waals surface area contributed by atoms with Crippen LogP contribution in [-0.4, -0.2) is 22.4 Å². The fraction of sp³-hybridized carbons (Fsp3) is 0.600. The highest BCUT2D eigenvalue weighted by Gasteiger charge is 1.99. The van der Waals surface area contributed by atoms with Crippen LogP contribution >= 0.6 is 0 Å². The van der Waals surface area contributed by atoms with Crippen molar-refractivity contribution < 1.29 is 10.2 Å². The summed E-state index contributed by atoms with van der Waals surface area (Å²) in [5, 5.41) is 17.9. The van der Waals surface area contributed by atoms with Crippen LogP contribution in [0.2, 0.25) is 0 Å². The molecule has 0 bridgehead atoms. The molecule has 0 aliphatic heterocycles. The van der Waals surface area contributed by atoms with Crippen LogP contribution in [-0.2, 0) is 0 Å². The number of hydrogen-bond acceptors (Lipinski definition) is 2. The smallest absolute Gasteiger partial charge is 0.0719 e. The minimum absolute atomic E-state index is 0.384. The Bertz CT molecular complexity index is 157. The molecule has 0 amide bonds. The molecule has 0 saturated carbocycles. The number of aliphatic hydroxyl groups excluding tert-OH is 2. The average Bonchev–Trinajstić information content (AvgIpc) is 1.97. The maximum atomic E-state index is 9.06. The summed E-state index contributed by atoms with van der Waals surface area (Å²) in [6.07, 6.45) is 4.43. The van der Waals surface area contributed by atoms with Crippen LogP contribution in [0.4, 0.5) is 0 Å². The minimum Gasteiger partial charge on any atom is -0.389 e. The Hall–Kier alpha value is -0.600. The van der Waals surface area contributed by atoms with Crippen molar-refractivity contribution in [3.8, 4) is 0 Å². The molecule has 70 valence electrons. The zero-order valence-electron chi connectivity index (χ0n) is 7.83. The lowest BCUT2D eigenvalue weighted by Gasteiger charge is -2.05. The van der Waals surface area contributed by atoms with Crippen molar-refractivity contribution >= 4 is 0 Å². The fourth-order valence-corrected chi connectivity index (χ4v) is 0.771. The quantitative estimate of drug-likeness (QED) is 0.616. The largest absolute Gasteiger partial charge is 0.389 e. The molecule has 12 heavy (non-hydrogen) atoms. The molecule has 0 spiro atoms. The molecule has 0 fully saturated rings. The molecule has 0 saturated heterocycles. The maximum absolute atomic E-state index is 9.06. The van der Waals surface area contributed by atoms with Gasteiger partial charge in [-0.25, -0.2) is 0 Å². The van der Waals surface area contributed by atoms with Gasteiger partial charge in [-0.2, -0.15) is 0 Å². The first-order chi connectivity index (χ1) is 5.54. The van der Waals surface area contributed by atoms with Gasteiger partial charge in [-0.3, -0.25) is 0 Å². The molecule has 2 N–H and O–H groups in total. The Morgan fingerprint density at radius 2 is 2.00 bits per heavy atom. The molecule has 0 radical (unpaired) electrons. The van der Waals surface area contributed by atoms with Gasteiger partial charge in [0.15, 0.2) is 0 Å². The predicted molar refractivity (Wildman–Crippen MR) is 50.9 cm³/mol. The highest BCUT2D eigenvalue weighted by Crippen LogP contribution is 2.07. The molecule has 2 heteroatoms. The second kappa shape index (κ2) is 5.98. The van der Waals surface area contributed by atoms with Crippen molar-refractivity contribution in [3.63, 3.8) is 0 Å². The van der Waals surface area contributed by atoms with E-state index in [4.69, 9.17) is 10.2 Å². The summed E-state index contributed by atoms with van der Waals surface area (Å²) >= 11 is 0. The predicted octanol–water partition coefficient (Wildman–Crippen LogP) is 1.64. The van der Waals surface area contributed by atoms with Gasteiger partial charge in [0.05, 0.1) is 12.2 Å². The summed E-state index contributed by atoms with van der Waals surface area (Å²) in [6.45, 7) is 7.14. The number of hydrogen-bond donors (Lipinski definition) is 2. The maximum Gasteiger partial charge on any atom is 0.0719 e. The molecule has 0 rings (SSSR count). The van der Waals surface area contributed by atoms with E-state index in [0.717, 1.165) is 18.4 Å². The van der Waals surface area contributed by atoms with E-state index in [1.54, 1.807) is 19.9 Å². The van der Waals surface area contributed by atoms with Crippen LogP contribution in [0.5, 0.6) is 0 Å². The normalized spacial score (nSPS) is 16.3. The lowest BCUT2D eigenvalue weighted by Crippen LogP contribution is -2.02. The molecule has 0 aliphatic carbocycles. The lowest BCUT2D eigenvalue weighted by atomic mass is 10.1. The van der Waals surface area contributed by atoms with Crippen LogP contribution in [0, 0.1) is 0 Å². The zero-order chi connectivity index (χ0) is 9.56. The van der Waals surface area contributed by atoms with Crippen molar-refractivity contribution in [2.75, 3.05) is 0 Å². The molecule has 2 nitrogen and oxygen atoms in total. The van der Waals surface area contributed by atoms with E-state index in [-0.39, 0.29) is 6.10 Å². The second-order valence-corrected chi connectivity index (χ2v) is 3.04. The Labute approximate surface area is 74.2 Å². The third kappa shape index (κ3) is 6.13. The second-order valence-electron chi connectivity index (χ2n) is 3.04. The van der Waals surface area contributed by atoms with Gasteiger partial charge in [0.25, 0.3) is 0 Å². The summed E-state index contributed by atoms with van der Waals surface area (Å²) < 4.78 is 0. The average molecular weight is 170 g/mol. The molecular weight excluding hydrogens is 152 g/mol. The molecule has 2 atom stereocenters. The van der Waals surface area contributed by atoms with E-state index in [1.807, 2.05) is 6.08 Å². The Kier molecular flexibility index (Phi) is 5.68. The van der Waals surface area contributed by atoms with Gasteiger partial charge in [0, 0.05) is 0 Å². The van der Waals surface area contributed by atoms with Gasteiger partial charge in [-0.1, -0.05) is 18.7 Å². The van der Waals surface area contributed by atoms with Crippen LogP contribution in [0.3, 0.4) is 0 Å². The number of rotatable bonds is 5. The first-order valence-electron chi connectivity index (χ1n) is 4.24. The first kappa shape index (κ1) is 11.4. The Morgan fingerprint density at radius 1 is 1.42 bits per heavy atom. The molecular formula is C10H18O2. The van der Waals surface area contributed by atoms with Crippen LogP contribution < -0.4 is 0 Å². The third-order valence-corrected chi connectivity index (χ3v) is 1.64. The summed E-state index contributed by atoms with van der Waals surface area (Å²) in [7, 11) is 0. The number of allylic oxidation sites excluding steroid dienone is 1. The topological polar surface area (TPSA) is 40.5 Å². The molecule has 0 heterocycles. The lowest BCUT2D eigenvalue weighted by molar-refractivity contribution is 0.227.